The summed E-state index contributed by atoms with van der Waals surface area (Å²) in [4.78, 5) is 8.10. The van der Waals surface area contributed by atoms with Gasteiger partial charge in [-0.25, -0.2) is 4.98 Å². The highest BCUT2D eigenvalue weighted by Gasteiger charge is 2.19. The van der Waals surface area contributed by atoms with E-state index in [1.54, 1.807) is 0 Å². The Labute approximate surface area is 144 Å². The van der Waals surface area contributed by atoms with Crippen molar-refractivity contribution in [2.75, 3.05) is 0 Å². The van der Waals surface area contributed by atoms with Crippen LogP contribution in [0, 0.1) is 13.8 Å². The topological polar surface area (TPSA) is 45.6 Å². The van der Waals surface area contributed by atoms with Gasteiger partial charge in [0, 0.05) is 52.8 Å². The van der Waals surface area contributed by atoms with E-state index >= 15 is 0 Å². The minimum absolute atomic E-state index is 0.510. The van der Waals surface area contributed by atoms with Gasteiger partial charge in [0.1, 0.15) is 5.82 Å². The number of hydrogen-bond acceptors (Lipinski definition) is 2. The lowest BCUT2D eigenvalue weighted by atomic mass is 10.1. The number of aromatic amines is 1. The molecule has 5 heteroatoms. The fraction of sp³-hybridized carbons (Fsp3) is 0.389. The van der Waals surface area contributed by atoms with Crippen molar-refractivity contribution in [1.82, 2.24) is 19.9 Å². The molecule has 0 radical (unpaired) electrons. The highest BCUT2D eigenvalue weighted by Crippen LogP contribution is 2.24. The molecule has 120 valence electrons. The number of nitrogens with zero attached hydrogens (tertiary/aromatic N) is 2. The number of halogens is 1. The van der Waals surface area contributed by atoms with Crippen LogP contribution in [0.5, 0.6) is 0 Å². The SMILES string of the molecule is Cc1cn2c(n1)CCC(NCc1cc3c(C)cc(Br)cc3[nH]1)C2. The summed E-state index contributed by atoms with van der Waals surface area (Å²) in [6, 6.07) is 7.08. The minimum atomic E-state index is 0.510. The van der Waals surface area contributed by atoms with Gasteiger partial charge >= 0.3 is 0 Å². The van der Waals surface area contributed by atoms with E-state index in [0.717, 1.165) is 36.1 Å². The van der Waals surface area contributed by atoms with E-state index in [0.29, 0.717) is 6.04 Å². The molecule has 1 unspecified atom stereocenters. The molecule has 23 heavy (non-hydrogen) atoms. The summed E-state index contributed by atoms with van der Waals surface area (Å²) in [5.41, 5.74) is 4.86. The van der Waals surface area contributed by atoms with Crippen molar-refractivity contribution in [3.8, 4) is 0 Å². The Hall–Kier alpha value is -1.59. The lowest BCUT2D eigenvalue weighted by Crippen LogP contribution is -2.36. The first-order valence-corrected chi connectivity index (χ1v) is 8.91. The Kier molecular flexibility index (Phi) is 3.77. The third kappa shape index (κ3) is 2.95. The van der Waals surface area contributed by atoms with Crippen LogP contribution in [0.1, 0.15) is 29.2 Å². The number of fused-ring (bicyclic) bond motifs is 2. The largest absolute Gasteiger partial charge is 0.357 e. The van der Waals surface area contributed by atoms with E-state index < -0.39 is 0 Å². The molecule has 0 amide bonds. The average molecular weight is 373 g/mol. The molecule has 2 N–H and O–H groups in total. The molecule has 0 fully saturated rings. The molecule has 0 spiro atoms. The maximum absolute atomic E-state index is 4.58. The van der Waals surface area contributed by atoms with Crippen LogP contribution in [0.4, 0.5) is 0 Å². The molecule has 4 nitrogen and oxygen atoms in total. The molecule has 1 aromatic carbocycles. The molecule has 1 aliphatic heterocycles. The molecule has 3 aromatic rings. The van der Waals surface area contributed by atoms with Crippen molar-refractivity contribution >= 4 is 26.8 Å². The molecule has 1 aliphatic rings. The van der Waals surface area contributed by atoms with Crippen molar-refractivity contribution in [3.63, 3.8) is 0 Å². The third-order valence-corrected chi connectivity index (χ3v) is 5.12. The monoisotopic (exact) mass is 372 g/mol. The van der Waals surface area contributed by atoms with Gasteiger partial charge in [-0.1, -0.05) is 15.9 Å². The quantitative estimate of drug-likeness (QED) is 0.733. The number of hydrogen-bond donors (Lipinski definition) is 2. The molecule has 0 saturated carbocycles. The summed E-state index contributed by atoms with van der Waals surface area (Å²) in [6.07, 6.45) is 4.37. The summed E-state index contributed by atoms with van der Waals surface area (Å²) in [7, 11) is 0. The second-order valence-corrected chi connectivity index (χ2v) is 7.46. The molecule has 2 aromatic heterocycles. The zero-order chi connectivity index (χ0) is 16.0. The average Bonchev–Trinajstić information content (AvgIpc) is 3.06. The summed E-state index contributed by atoms with van der Waals surface area (Å²) in [6.45, 7) is 6.11. The van der Waals surface area contributed by atoms with Gasteiger partial charge in [-0.05, 0) is 44.0 Å². The Morgan fingerprint density at radius 2 is 2.22 bits per heavy atom. The van der Waals surface area contributed by atoms with Gasteiger partial charge in [0.2, 0.25) is 0 Å². The van der Waals surface area contributed by atoms with Crippen LogP contribution in [0.2, 0.25) is 0 Å². The van der Waals surface area contributed by atoms with Crippen LogP contribution < -0.4 is 5.32 Å². The van der Waals surface area contributed by atoms with Crippen LogP contribution in [0.25, 0.3) is 10.9 Å². The van der Waals surface area contributed by atoms with E-state index in [-0.39, 0.29) is 0 Å². The van der Waals surface area contributed by atoms with Gasteiger partial charge in [-0.2, -0.15) is 0 Å². The van der Waals surface area contributed by atoms with Crippen molar-refractivity contribution < 1.29 is 0 Å². The van der Waals surface area contributed by atoms with Crippen LogP contribution in [-0.2, 0) is 19.5 Å². The Morgan fingerprint density at radius 1 is 1.35 bits per heavy atom. The smallest absolute Gasteiger partial charge is 0.109 e. The van der Waals surface area contributed by atoms with E-state index in [1.807, 2.05) is 0 Å². The second kappa shape index (κ2) is 5.80. The van der Waals surface area contributed by atoms with Crippen LogP contribution in [-0.4, -0.2) is 20.6 Å². The maximum Gasteiger partial charge on any atom is 0.109 e. The second-order valence-electron chi connectivity index (χ2n) is 6.55. The van der Waals surface area contributed by atoms with Crippen LogP contribution in [0.15, 0.2) is 28.9 Å². The van der Waals surface area contributed by atoms with Crippen LogP contribution >= 0.6 is 15.9 Å². The summed E-state index contributed by atoms with van der Waals surface area (Å²) >= 11 is 3.57. The number of nitrogens with one attached hydrogen (secondary N) is 2. The first-order valence-electron chi connectivity index (χ1n) is 8.12. The third-order valence-electron chi connectivity index (χ3n) is 4.66. The first kappa shape index (κ1) is 15.0. The van der Waals surface area contributed by atoms with Gasteiger partial charge in [0.15, 0.2) is 0 Å². The van der Waals surface area contributed by atoms with Crippen molar-refractivity contribution in [3.05, 3.63) is 51.6 Å². The molecule has 1 atom stereocenters. The van der Waals surface area contributed by atoms with Gasteiger partial charge in [0.05, 0.1) is 5.69 Å². The van der Waals surface area contributed by atoms with E-state index in [9.17, 15) is 0 Å². The fourth-order valence-corrected chi connectivity index (χ4v) is 4.11. The van der Waals surface area contributed by atoms with Gasteiger partial charge in [-0.15, -0.1) is 0 Å². The highest BCUT2D eigenvalue weighted by molar-refractivity contribution is 9.10. The Morgan fingerprint density at radius 3 is 3.09 bits per heavy atom. The van der Waals surface area contributed by atoms with E-state index in [1.165, 1.54) is 28.0 Å². The molecule has 0 bridgehead atoms. The molecule has 0 saturated heterocycles. The van der Waals surface area contributed by atoms with E-state index in [4.69, 9.17) is 0 Å². The standard InChI is InChI=1S/C18H21BrN4/c1-11-5-13(19)6-17-16(11)7-15(22-17)8-20-14-3-4-18-21-12(2)9-23(18)10-14/h5-7,9,14,20,22H,3-4,8,10H2,1-2H3. The van der Waals surface area contributed by atoms with Crippen molar-refractivity contribution in [1.29, 1.82) is 0 Å². The van der Waals surface area contributed by atoms with Crippen molar-refractivity contribution in [2.45, 2.75) is 45.8 Å². The Balaban J connectivity index is 1.46. The highest BCUT2D eigenvalue weighted by atomic mass is 79.9. The van der Waals surface area contributed by atoms with Gasteiger partial charge < -0.3 is 14.9 Å². The minimum Gasteiger partial charge on any atom is -0.357 e. The summed E-state index contributed by atoms with van der Waals surface area (Å²) < 4.78 is 3.42. The lowest BCUT2D eigenvalue weighted by molar-refractivity contribution is 0.377. The number of H-pyrrole nitrogens is 1. The predicted molar refractivity (Wildman–Crippen MR) is 96.6 cm³/mol. The Bertz CT molecular complexity index is 861. The number of aromatic nitrogens is 3. The molecular weight excluding hydrogens is 352 g/mol. The molecule has 4 rings (SSSR count). The number of aryl methyl sites for hydroxylation is 3. The number of benzene rings is 1. The molecular formula is C18H21BrN4. The summed E-state index contributed by atoms with van der Waals surface area (Å²) in [5.74, 6) is 1.23. The van der Waals surface area contributed by atoms with Gasteiger partial charge in [0.25, 0.3) is 0 Å². The fourth-order valence-electron chi connectivity index (χ4n) is 3.54. The summed E-state index contributed by atoms with van der Waals surface area (Å²) in [5, 5.41) is 5.00. The van der Waals surface area contributed by atoms with Gasteiger partial charge in [-0.3, -0.25) is 0 Å². The zero-order valence-corrected chi connectivity index (χ0v) is 15.1. The number of rotatable bonds is 3. The maximum atomic E-state index is 4.58. The number of imidazole rings is 1. The van der Waals surface area contributed by atoms with E-state index in [2.05, 4.69) is 74.0 Å². The predicted octanol–water partition coefficient (Wildman–Crippen LogP) is 3.85. The molecule has 3 heterocycles. The first-order chi connectivity index (χ1) is 11.1. The normalized spacial score (nSPS) is 17.6. The lowest BCUT2D eigenvalue weighted by Gasteiger charge is -2.24. The van der Waals surface area contributed by atoms with Crippen LogP contribution in [0.3, 0.4) is 0 Å². The van der Waals surface area contributed by atoms with Crippen molar-refractivity contribution in [2.24, 2.45) is 0 Å². The molecule has 0 aliphatic carbocycles. The zero-order valence-electron chi connectivity index (χ0n) is 13.5.